The lowest BCUT2D eigenvalue weighted by atomic mass is 10.1. The molecule has 2 rings (SSSR count). The van der Waals surface area contributed by atoms with Crippen LogP contribution in [0.1, 0.15) is 16.7 Å². The van der Waals surface area contributed by atoms with E-state index in [1.54, 1.807) is 12.1 Å². The Morgan fingerprint density at radius 1 is 0.882 bits per heavy atom. The van der Waals surface area contributed by atoms with E-state index in [0.29, 0.717) is 11.1 Å². The SMILES string of the molecule is C#Cc1ccc(C#Cc2ccccc2)c(F)c1. The van der Waals surface area contributed by atoms with E-state index in [9.17, 15) is 4.39 Å². The molecule has 80 valence electrons. The van der Waals surface area contributed by atoms with Gasteiger partial charge in [0, 0.05) is 11.1 Å². The fourth-order valence-electron chi connectivity index (χ4n) is 1.37. The molecule has 0 saturated heterocycles. The molecule has 0 radical (unpaired) electrons. The third kappa shape index (κ3) is 2.74. The van der Waals surface area contributed by atoms with Crippen LogP contribution in [0.25, 0.3) is 0 Å². The molecule has 0 aromatic heterocycles. The number of halogens is 1. The first-order chi connectivity index (χ1) is 8.29. The maximum absolute atomic E-state index is 13.5. The van der Waals surface area contributed by atoms with Crippen LogP contribution in [-0.2, 0) is 0 Å². The molecule has 0 N–H and O–H groups in total. The van der Waals surface area contributed by atoms with E-state index >= 15 is 0 Å². The number of terminal acetylenes is 1. The second-order valence-corrected chi connectivity index (χ2v) is 3.45. The van der Waals surface area contributed by atoms with Crippen molar-refractivity contribution in [3.8, 4) is 24.2 Å². The Balaban J connectivity index is 2.32. The fraction of sp³-hybridized carbons (Fsp3) is 0. The summed E-state index contributed by atoms with van der Waals surface area (Å²) in [7, 11) is 0. The summed E-state index contributed by atoms with van der Waals surface area (Å²) in [6, 6.07) is 14.0. The Kier molecular flexibility index (Phi) is 3.24. The lowest BCUT2D eigenvalue weighted by Gasteiger charge is -1.95. The molecule has 2 aromatic rings. The van der Waals surface area contributed by atoms with Gasteiger partial charge in [-0.15, -0.1) is 6.42 Å². The van der Waals surface area contributed by atoms with Crippen LogP contribution in [0.15, 0.2) is 48.5 Å². The summed E-state index contributed by atoms with van der Waals surface area (Å²) in [5.74, 6) is 7.68. The maximum atomic E-state index is 13.5. The standard InChI is InChI=1S/C16H9F/c1-2-13-8-10-15(16(17)12-13)11-9-14-6-4-3-5-7-14/h1,3-8,10,12H. The largest absolute Gasteiger partial charge is 0.206 e. The number of hydrogen-bond acceptors (Lipinski definition) is 0. The lowest BCUT2D eigenvalue weighted by molar-refractivity contribution is 0.624. The van der Waals surface area contributed by atoms with Crippen molar-refractivity contribution in [3.05, 3.63) is 71.0 Å². The van der Waals surface area contributed by atoms with E-state index < -0.39 is 0 Å². The van der Waals surface area contributed by atoms with Gasteiger partial charge < -0.3 is 0 Å². The zero-order chi connectivity index (χ0) is 12.1. The molecule has 0 saturated carbocycles. The van der Waals surface area contributed by atoms with Gasteiger partial charge in [-0.1, -0.05) is 36.0 Å². The van der Waals surface area contributed by atoms with Gasteiger partial charge in [0.05, 0.1) is 5.56 Å². The minimum absolute atomic E-state index is 0.354. The molecular weight excluding hydrogens is 211 g/mol. The summed E-state index contributed by atoms with van der Waals surface area (Å²) < 4.78 is 13.5. The third-order valence-electron chi connectivity index (χ3n) is 2.25. The van der Waals surface area contributed by atoms with E-state index in [1.165, 1.54) is 6.07 Å². The molecule has 0 heterocycles. The molecule has 0 aliphatic carbocycles. The predicted molar refractivity (Wildman–Crippen MR) is 66.8 cm³/mol. The Bertz CT molecular complexity index is 622. The molecule has 2 aromatic carbocycles. The van der Waals surface area contributed by atoms with Crippen molar-refractivity contribution in [2.45, 2.75) is 0 Å². The highest BCUT2D eigenvalue weighted by Crippen LogP contribution is 2.08. The molecule has 0 amide bonds. The van der Waals surface area contributed by atoms with Crippen molar-refractivity contribution >= 4 is 0 Å². The average Bonchev–Trinajstić information content (AvgIpc) is 2.38. The lowest BCUT2D eigenvalue weighted by Crippen LogP contribution is -1.85. The van der Waals surface area contributed by atoms with Crippen LogP contribution >= 0.6 is 0 Å². The summed E-state index contributed by atoms with van der Waals surface area (Å²) in [5.41, 5.74) is 1.73. The maximum Gasteiger partial charge on any atom is 0.140 e. The van der Waals surface area contributed by atoms with Crippen molar-refractivity contribution in [1.29, 1.82) is 0 Å². The van der Waals surface area contributed by atoms with Crippen LogP contribution in [-0.4, -0.2) is 0 Å². The number of hydrogen-bond donors (Lipinski definition) is 0. The number of benzene rings is 2. The van der Waals surface area contributed by atoms with Gasteiger partial charge in [-0.25, -0.2) is 4.39 Å². The molecular formula is C16H9F. The van der Waals surface area contributed by atoms with Crippen molar-refractivity contribution in [1.82, 2.24) is 0 Å². The van der Waals surface area contributed by atoms with Crippen LogP contribution in [0.2, 0.25) is 0 Å². The summed E-state index contributed by atoms with van der Waals surface area (Å²) in [6.45, 7) is 0. The Hall–Kier alpha value is -2.51. The summed E-state index contributed by atoms with van der Waals surface area (Å²) in [4.78, 5) is 0. The zero-order valence-corrected chi connectivity index (χ0v) is 9.07. The van der Waals surface area contributed by atoms with Gasteiger partial charge in [-0.05, 0) is 30.3 Å². The van der Waals surface area contributed by atoms with Gasteiger partial charge in [-0.2, -0.15) is 0 Å². The summed E-state index contributed by atoms with van der Waals surface area (Å²) in [5, 5.41) is 0. The van der Waals surface area contributed by atoms with Crippen LogP contribution in [0, 0.1) is 30.0 Å². The van der Waals surface area contributed by atoms with E-state index in [0.717, 1.165) is 5.56 Å². The van der Waals surface area contributed by atoms with Crippen molar-refractivity contribution in [2.75, 3.05) is 0 Å². The minimum Gasteiger partial charge on any atom is -0.206 e. The molecule has 0 aliphatic rings. The molecule has 0 spiro atoms. The van der Waals surface area contributed by atoms with Gasteiger partial charge in [-0.3, -0.25) is 0 Å². The number of rotatable bonds is 0. The Morgan fingerprint density at radius 3 is 2.29 bits per heavy atom. The highest BCUT2D eigenvalue weighted by molar-refractivity contribution is 5.46. The molecule has 17 heavy (non-hydrogen) atoms. The molecule has 0 fully saturated rings. The molecule has 0 nitrogen and oxygen atoms in total. The quantitative estimate of drug-likeness (QED) is 0.598. The predicted octanol–water partition coefficient (Wildman–Crippen LogP) is 3.21. The topological polar surface area (TPSA) is 0 Å². The van der Waals surface area contributed by atoms with Crippen LogP contribution in [0.4, 0.5) is 4.39 Å². The van der Waals surface area contributed by atoms with Crippen LogP contribution < -0.4 is 0 Å². The van der Waals surface area contributed by atoms with Gasteiger partial charge in [0.25, 0.3) is 0 Å². The first kappa shape index (κ1) is 11.0. The zero-order valence-electron chi connectivity index (χ0n) is 9.07. The highest BCUT2D eigenvalue weighted by atomic mass is 19.1. The molecule has 0 aliphatic heterocycles. The van der Waals surface area contributed by atoms with Crippen LogP contribution in [0.5, 0.6) is 0 Å². The third-order valence-corrected chi connectivity index (χ3v) is 2.25. The minimum atomic E-state index is -0.385. The van der Waals surface area contributed by atoms with E-state index in [1.807, 2.05) is 30.3 Å². The molecule has 1 heteroatoms. The Morgan fingerprint density at radius 2 is 1.65 bits per heavy atom. The van der Waals surface area contributed by atoms with Crippen LogP contribution in [0.3, 0.4) is 0 Å². The van der Waals surface area contributed by atoms with Gasteiger partial charge in [0.15, 0.2) is 0 Å². The van der Waals surface area contributed by atoms with Gasteiger partial charge >= 0.3 is 0 Å². The first-order valence-electron chi connectivity index (χ1n) is 5.13. The molecule has 0 bridgehead atoms. The molecule has 0 unspecified atom stereocenters. The summed E-state index contributed by atoms with van der Waals surface area (Å²) in [6.07, 6.45) is 5.18. The molecule has 0 atom stereocenters. The Labute approximate surface area is 100 Å². The normalized spacial score (nSPS) is 8.94. The van der Waals surface area contributed by atoms with Crippen molar-refractivity contribution < 1.29 is 4.39 Å². The monoisotopic (exact) mass is 220 g/mol. The average molecular weight is 220 g/mol. The summed E-state index contributed by atoms with van der Waals surface area (Å²) >= 11 is 0. The smallest absolute Gasteiger partial charge is 0.140 e. The van der Waals surface area contributed by atoms with E-state index in [4.69, 9.17) is 6.42 Å². The second-order valence-electron chi connectivity index (χ2n) is 3.45. The first-order valence-corrected chi connectivity index (χ1v) is 5.13. The second kappa shape index (κ2) is 5.01. The van der Waals surface area contributed by atoms with E-state index in [2.05, 4.69) is 17.8 Å². The van der Waals surface area contributed by atoms with E-state index in [-0.39, 0.29) is 5.82 Å². The van der Waals surface area contributed by atoms with Gasteiger partial charge in [0.1, 0.15) is 5.82 Å². The van der Waals surface area contributed by atoms with Crippen molar-refractivity contribution in [3.63, 3.8) is 0 Å². The van der Waals surface area contributed by atoms with Gasteiger partial charge in [0.2, 0.25) is 0 Å². The highest BCUT2D eigenvalue weighted by Gasteiger charge is 1.98. The van der Waals surface area contributed by atoms with Crippen molar-refractivity contribution in [2.24, 2.45) is 0 Å². The fourth-order valence-corrected chi connectivity index (χ4v) is 1.37.